The van der Waals surface area contributed by atoms with E-state index in [9.17, 15) is 14.2 Å². The van der Waals surface area contributed by atoms with E-state index in [1.165, 1.54) is 0 Å². The number of rotatable bonds is 14. The van der Waals surface area contributed by atoms with Gasteiger partial charge >= 0.3 is 8.25 Å². The van der Waals surface area contributed by atoms with Crippen LogP contribution in [-0.2, 0) is 36.0 Å². The third kappa shape index (κ3) is 9.87. The van der Waals surface area contributed by atoms with E-state index < -0.39 is 33.3 Å². The second-order valence-electron chi connectivity index (χ2n) is 6.67. The highest BCUT2D eigenvalue weighted by atomic mass is 31.1. The van der Waals surface area contributed by atoms with Crippen LogP contribution in [0.15, 0.2) is 48.5 Å². The van der Waals surface area contributed by atoms with Crippen molar-refractivity contribution in [2.75, 3.05) is 40.5 Å². The molecule has 2 aromatic carbocycles. The van der Waals surface area contributed by atoms with Crippen LogP contribution in [0, 0.1) is 0 Å². The highest BCUT2D eigenvalue weighted by molar-refractivity contribution is 7.33. The molecule has 0 aliphatic rings. The molecule has 0 fully saturated rings. The summed E-state index contributed by atoms with van der Waals surface area (Å²) in [5.41, 5.74) is 2.08. The molecular formula is C22H28N2O7P+. The number of nitrogens with one attached hydrogen (secondary N) is 2. The summed E-state index contributed by atoms with van der Waals surface area (Å²) in [5.74, 6) is 0.686. The van der Waals surface area contributed by atoms with E-state index in [0.717, 1.165) is 22.6 Å². The molecule has 0 unspecified atom stereocenters. The van der Waals surface area contributed by atoms with Gasteiger partial charge in [-0.3, -0.25) is 9.59 Å². The molecule has 0 aliphatic carbocycles. The lowest BCUT2D eigenvalue weighted by atomic mass is 10.1. The quantitative estimate of drug-likeness (QED) is 0.414. The van der Waals surface area contributed by atoms with Gasteiger partial charge in [0.15, 0.2) is 13.2 Å². The van der Waals surface area contributed by atoms with Crippen LogP contribution in [0.5, 0.6) is 11.5 Å². The average molecular weight is 463 g/mol. The average Bonchev–Trinajstić information content (AvgIpc) is 2.82. The molecule has 2 aromatic rings. The molecule has 0 radical (unpaired) electrons. The van der Waals surface area contributed by atoms with Gasteiger partial charge in [-0.2, -0.15) is 0 Å². The lowest BCUT2D eigenvalue weighted by molar-refractivity contribution is -0.123. The zero-order chi connectivity index (χ0) is 23.2. The summed E-state index contributed by atoms with van der Waals surface area (Å²) in [4.78, 5) is 23.5. The van der Waals surface area contributed by atoms with Gasteiger partial charge in [-0.15, -0.1) is 9.05 Å². The maximum Gasteiger partial charge on any atom is 0.698 e. The maximum absolute atomic E-state index is 11.8. The van der Waals surface area contributed by atoms with Gasteiger partial charge < -0.3 is 20.1 Å². The van der Waals surface area contributed by atoms with Crippen LogP contribution in [0.2, 0.25) is 0 Å². The van der Waals surface area contributed by atoms with Gasteiger partial charge in [0.2, 0.25) is 0 Å². The molecule has 172 valence electrons. The molecule has 2 rings (SSSR count). The number of amides is 2. The van der Waals surface area contributed by atoms with Gasteiger partial charge in [0.25, 0.3) is 11.8 Å². The highest BCUT2D eigenvalue weighted by Crippen LogP contribution is 2.22. The number of hydrogen-bond acceptors (Lipinski definition) is 7. The fraction of sp³-hybridized carbons (Fsp3) is 0.364. The van der Waals surface area contributed by atoms with Crippen LogP contribution in [0.3, 0.4) is 0 Å². The van der Waals surface area contributed by atoms with Gasteiger partial charge in [-0.05, 0) is 48.2 Å². The topological polar surface area (TPSA) is 112 Å². The van der Waals surface area contributed by atoms with Gasteiger partial charge in [-0.1, -0.05) is 24.3 Å². The first-order valence-corrected chi connectivity index (χ1v) is 11.1. The smallest absolute Gasteiger partial charge is 0.497 e. The molecule has 0 bridgehead atoms. The second-order valence-corrected chi connectivity index (χ2v) is 7.63. The number of carbonyl (C=O) groups is 2. The van der Waals surface area contributed by atoms with Crippen LogP contribution in [0.1, 0.15) is 11.1 Å². The molecule has 10 heteroatoms. The van der Waals surface area contributed by atoms with Gasteiger partial charge in [0.1, 0.15) is 11.5 Å². The molecule has 2 amide bonds. The monoisotopic (exact) mass is 463 g/mol. The third-order valence-electron chi connectivity index (χ3n) is 4.39. The Morgan fingerprint density at radius 2 is 1.09 bits per heavy atom. The zero-order valence-electron chi connectivity index (χ0n) is 18.2. The van der Waals surface area contributed by atoms with E-state index in [0.29, 0.717) is 25.9 Å². The van der Waals surface area contributed by atoms with Crippen molar-refractivity contribution < 1.29 is 32.7 Å². The van der Waals surface area contributed by atoms with Gasteiger partial charge in [0, 0.05) is 17.7 Å². The Kier molecular flexibility index (Phi) is 11.2. The second kappa shape index (κ2) is 14.1. The van der Waals surface area contributed by atoms with Crippen molar-refractivity contribution in [3.05, 3.63) is 59.7 Å². The first-order valence-electron chi connectivity index (χ1n) is 10.0. The normalized spacial score (nSPS) is 10.3. The summed E-state index contributed by atoms with van der Waals surface area (Å²) in [6, 6.07) is 15.0. The van der Waals surface area contributed by atoms with Crippen molar-refractivity contribution in [2.24, 2.45) is 0 Å². The van der Waals surface area contributed by atoms with Gasteiger partial charge in [-0.25, -0.2) is 0 Å². The number of carbonyl (C=O) groups excluding carboxylic acids is 2. The lowest BCUT2D eigenvalue weighted by Crippen LogP contribution is -2.29. The fourth-order valence-electron chi connectivity index (χ4n) is 2.64. The molecule has 2 N–H and O–H groups in total. The lowest BCUT2D eigenvalue weighted by Gasteiger charge is -2.05. The van der Waals surface area contributed by atoms with E-state index in [-0.39, 0.29) is 0 Å². The fourth-order valence-corrected chi connectivity index (χ4v) is 3.16. The summed E-state index contributed by atoms with van der Waals surface area (Å²) in [6.45, 7) is -0.0284. The summed E-state index contributed by atoms with van der Waals surface area (Å²) < 4.78 is 31.6. The van der Waals surface area contributed by atoms with Crippen LogP contribution in [0.4, 0.5) is 0 Å². The van der Waals surface area contributed by atoms with Crippen molar-refractivity contribution in [2.45, 2.75) is 12.8 Å². The zero-order valence-corrected chi connectivity index (χ0v) is 19.1. The first-order chi connectivity index (χ1) is 15.5. The van der Waals surface area contributed by atoms with E-state index in [1.807, 2.05) is 48.5 Å². The Balaban J connectivity index is 1.52. The maximum atomic E-state index is 11.8. The molecule has 0 saturated carbocycles. The Labute approximate surface area is 188 Å². The third-order valence-corrected chi connectivity index (χ3v) is 5.07. The number of ether oxygens (including phenoxy) is 2. The summed E-state index contributed by atoms with van der Waals surface area (Å²) >= 11 is 0. The predicted octanol–water partition coefficient (Wildman–Crippen LogP) is 2.41. The van der Waals surface area contributed by atoms with Crippen LogP contribution < -0.4 is 20.1 Å². The standard InChI is InChI=1S/C22H27N2O7P/c1-28-19-7-3-17(4-8-19)11-13-23-21(25)15-30-32(27)31-16-22(26)24-14-12-18-5-9-20(29-2)10-6-18/h3-10H,11-16H2,1-2H3,(H-,23,24,25,26)/p+1. The van der Waals surface area contributed by atoms with E-state index in [1.54, 1.807) is 14.2 Å². The predicted molar refractivity (Wildman–Crippen MR) is 119 cm³/mol. The molecule has 0 heterocycles. The SMILES string of the molecule is COc1ccc(CCNC(=O)CO[P+](=O)OCC(=O)NCCc2ccc(OC)cc2)cc1. The van der Waals surface area contributed by atoms with E-state index in [2.05, 4.69) is 10.6 Å². The largest absolute Gasteiger partial charge is 0.698 e. The first kappa shape index (κ1) is 25.3. The Hall–Kier alpha value is -3.00. The molecular weight excluding hydrogens is 435 g/mol. The Bertz CT molecular complexity index is 801. The van der Waals surface area contributed by atoms with Crippen molar-refractivity contribution in [3.63, 3.8) is 0 Å². The summed E-state index contributed by atoms with van der Waals surface area (Å²) in [6.07, 6.45) is 1.27. The van der Waals surface area contributed by atoms with Crippen molar-refractivity contribution in [1.82, 2.24) is 10.6 Å². The van der Waals surface area contributed by atoms with Crippen molar-refractivity contribution in [1.29, 1.82) is 0 Å². The molecule has 0 aliphatic heterocycles. The number of benzene rings is 2. The van der Waals surface area contributed by atoms with E-state index in [4.69, 9.17) is 18.5 Å². The van der Waals surface area contributed by atoms with Crippen LogP contribution >= 0.6 is 8.25 Å². The van der Waals surface area contributed by atoms with Crippen molar-refractivity contribution in [3.8, 4) is 11.5 Å². The molecule has 0 atom stereocenters. The molecule has 0 saturated heterocycles. The molecule has 0 spiro atoms. The van der Waals surface area contributed by atoms with Crippen molar-refractivity contribution >= 4 is 20.1 Å². The molecule has 0 aromatic heterocycles. The molecule has 32 heavy (non-hydrogen) atoms. The van der Waals surface area contributed by atoms with Gasteiger partial charge in [0.05, 0.1) is 14.2 Å². The Morgan fingerprint density at radius 3 is 1.44 bits per heavy atom. The minimum Gasteiger partial charge on any atom is -0.497 e. The number of methoxy groups -OCH3 is 2. The highest BCUT2D eigenvalue weighted by Gasteiger charge is 2.24. The summed E-state index contributed by atoms with van der Waals surface area (Å²) in [5, 5.41) is 5.33. The number of hydrogen-bond donors (Lipinski definition) is 2. The summed E-state index contributed by atoms with van der Waals surface area (Å²) in [7, 11) is 0.621. The Morgan fingerprint density at radius 1 is 0.719 bits per heavy atom. The minimum atomic E-state index is -2.57. The van der Waals surface area contributed by atoms with E-state index >= 15 is 0 Å². The van der Waals surface area contributed by atoms with Crippen LogP contribution in [0.25, 0.3) is 0 Å². The minimum absolute atomic E-state index is 0.406. The molecule has 9 nitrogen and oxygen atoms in total. The van der Waals surface area contributed by atoms with Crippen LogP contribution in [-0.4, -0.2) is 52.3 Å².